The highest BCUT2D eigenvalue weighted by Gasteiger charge is 2.15. The molecule has 8 heteroatoms. The number of fused-ring (bicyclic) bond motifs is 1. The number of likely N-dealkylation sites (N-methyl/N-ethyl adjacent to an activating group) is 1. The predicted octanol–water partition coefficient (Wildman–Crippen LogP) is 3.01. The van der Waals surface area contributed by atoms with Gasteiger partial charge in [0.2, 0.25) is 0 Å². The van der Waals surface area contributed by atoms with Crippen molar-refractivity contribution in [3.05, 3.63) is 40.1 Å². The zero-order chi connectivity index (χ0) is 17.9. The van der Waals surface area contributed by atoms with Gasteiger partial charge in [0.25, 0.3) is 6.43 Å². The highest BCUT2D eigenvalue weighted by Crippen LogP contribution is 2.32. The molecule has 1 heterocycles. The third kappa shape index (κ3) is 4.68. The van der Waals surface area contributed by atoms with Crippen LogP contribution in [0.2, 0.25) is 0 Å². The maximum Gasteiger partial charge on any atom is 0.272 e. The number of H-pyrrole nitrogens is 1. The minimum absolute atomic E-state index is 0.318. The number of ether oxygens (including phenoxy) is 1. The molecule has 132 valence electrons. The average molecular weight is 404 g/mol. The number of aromatic amines is 1. The van der Waals surface area contributed by atoms with Crippen molar-refractivity contribution in [1.82, 2.24) is 9.88 Å². The second kappa shape index (κ2) is 7.96. The number of hydrogen-bond donors (Lipinski definition) is 3. The number of aromatic nitrogens is 1. The molecule has 5 nitrogen and oxygen atoms in total. The van der Waals surface area contributed by atoms with Crippen LogP contribution in [-0.4, -0.2) is 48.7 Å². The van der Waals surface area contributed by atoms with Crippen molar-refractivity contribution < 1.29 is 18.6 Å². The van der Waals surface area contributed by atoms with Crippen LogP contribution >= 0.6 is 15.9 Å². The lowest BCUT2D eigenvalue weighted by atomic mass is 10.1. The van der Waals surface area contributed by atoms with Gasteiger partial charge in [-0.25, -0.2) is 8.78 Å². The topological polar surface area (TPSA) is 74.5 Å². The van der Waals surface area contributed by atoms with Crippen LogP contribution in [0.25, 0.3) is 10.9 Å². The summed E-state index contributed by atoms with van der Waals surface area (Å²) in [7, 11) is 3.80. The molecule has 0 aliphatic rings. The Labute approximate surface area is 147 Å². The van der Waals surface area contributed by atoms with Gasteiger partial charge in [-0.05, 0) is 54.3 Å². The van der Waals surface area contributed by atoms with Gasteiger partial charge in [0.15, 0.2) is 0 Å². The Hall–Kier alpha value is -1.64. The summed E-state index contributed by atoms with van der Waals surface area (Å²) in [5.41, 5.74) is 7.50. The summed E-state index contributed by atoms with van der Waals surface area (Å²) >= 11 is 3.29. The summed E-state index contributed by atoms with van der Waals surface area (Å²) in [6, 6.07) is 5.07. The third-order valence-corrected chi connectivity index (χ3v) is 3.98. The number of nitrogens with one attached hydrogen (secondary N) is 1. The monoisotopic (exact) mass is 403 g/mol. The maximum absolute atomic E-state index is 12.3. The van der Waals surface area contributed by atoms with E-state index < -0.39 is 19.1 Å². The molecule has 0 saturated carbocycles. The number of alkyl halides is 2. The molecule has 1 aromatic heterocycles. The van der Waals surface area contributed by atoms with Gasteiger partial charge in [0.05, 0.1) is 10.2 Å². The first-order valence-electron chi connectivity index (χ1n) is 7.29. The summed E-state index contributed by atoms with van der Waals surface area (Å²) in [5.74, 6) is 0.318. The molecule has 0 aliphatic heterocycles. The highest BCUT2D eigenvalue weighted by atomic mass is 79.9. The number of rotatable bonds is 7. The van der Waals surface area contributed by atoms with Crippen molar-refractivity contribution in [1.29, 1.82) is 0 Å². The van der Waals surface area contributed by atoms with Crippen molar-refractivity contribution >= 4 is 26.8 Å². The van der Waals surface area contributed by atoms with Crippen LogP contribution < -0.4 is 10.5 Å². The fourth-order valence-corrected chi connectivity index (χ4v) is 2.60. The molecule has 4 N–H and O–H groups in total. The fourth-order valence-electron chi connectivity index (χ4n) is 2.15. The van der Waals surface area contributed by atoms with Crippen molar-refractivity contribution in [2.75, 3.05) is 27.2 Å². The van der Waals surface area contributed by atoms with E-state index in [0.717, 1.165) is 10.9 Å². The van der Waals surface area contributed by atoms with E-state index >= 15 is 0 Å². The van der Waals surface area contributed by atoms with Crippen LogP contribution in [0, 0.1) is 0 Å². The first kappa shape index (κ1) is 18.7. The van der Waals surface area contributed by atoms with Gasteiger partial charge in [0.1, 0.15) is 18.5 Å². The van der Waals surface area contributed by atoms with E-state index in [9.17, 15) is 13.9 Å². The second-order valence-electron chi connectivity index (χ2n) is 5.67. The van der Waals surface area contributed by atoms with Crippen LogP contribution in [0.4, 0.5) is 8.78 Å². The lowest BCUT2D eigenvalue weighted by molar-refractivity contribution is 0.0816. The minimum Gasteiger partial charge on any atom is -0.486 e. The zero-order valence-electron chi connectivity index (χ0n) is 13.4. The van der Waals surface area contributed by atoms with Gasteiger partial charge in [-0.2, -0.15) is 0 Å². The van der Waals surface area contributed by atoms with Gasteiger partial charge >= 0.3 is 0 Å². The Kier molecular flexibility index (Phi) is 6.20. The van der Waals surface area contributed by atoms with E-state index in [2.05, 4.69) is 20.9 Å². The molecule has 0 radical (unpaired) electrons. The van der Waals surface area contributed by atoms with E-state index in [1.54, 1.807) is 24.3 Å². The SMILES string of the molecule is CN(C)C/C=C(\N)C(O)c1cc2cc(OCC(F)F)c(Br)cc2[nH]1. The summed E-state index contributed by atoms with van der Waals surface area (Å²) in [6.45, 7) is -0.0650. The normalized spacial score (nSPS) is 13.9. The number of hydrogen-bond acceptors (Lipinski definition) is 4. The molecule has 1 atom stereocenters. The van der Waals surface area contributed by atoms with E-state index in [4.69, 9.17) is 10.5 Å². The van der Waals surface area contributed by atoms with Gasteiger partial charge < -0.3 is 25.5 Å². The lowest BCUT2D eigenvalue weighted by Crippen LogP contribution is -2.16. The molecule has 1 unspecified atom stereocenters. The Morgan fingerprint density at radius 2 is 2.12 bits per heavy atom. The number of benzene rings is 1. The average Bonchev–Trinajstić information content (AvgIpc) is 2.91. The molecule has 0 aliphatic carbocycles. The Morgan fingerprint density at radius 3 is 2.75 bits per heavy atom. The largest absolute Gasteiger partial charge is 0.486 e. The molecule has 0 spiro atoms. The summed E-state index contributed by atoms with van der Waals surface area (Å²) < 4.78 is 30.2. The van der Waals surface area contributed by atoms with Crippen LogP contribution in [0.5, 0.6) is 5.75 Å². The summed E-state index contributed by atoms with van der Waals surface area (Å²) in [4.78, 5) is 5.00. The van der Waals surface area contributed by atoms with E-state index in [0.29, 0.717) is 28.2 Å². The lowest BCUT2D eigenvalue weighted by Gasteiger charge is -2.11. The molecular formula is C16H20BrF2N3O2. The Bertz CT molecular complexity index is 731. The van der Waals surface area contributed by atoms with Crippen molar-refractivity contribution in [2.45, 2.75) is 12.5 Å². The van der Waals surface area contributed by atoms with Crippen molar-refractivity contribution in [3.63, 3.8) is 0 Å². The Balaban J connectivity index is 2.25. The predicted molar refractivity (Wildman–Crippen MR) is 93.3 cm³/mol. The summed E-state index contributed by atoms with van der Waals surface area (Å²) in [6.07, 6.45) is -1.78. The molecular weight excluding hydrogens is 384 g/mol. The van der Waals surface area contributed by atoms with Crippen LogP contribution in [0.1, 0.15) is 11.8 Å². The molecule has 0 amide bonds. The molecule has 2 rings (SSSR count). The fraction of sp³-hybridized carbons (Fsp3) is 0.375. The number of nitrogens with zero attached hydrogens (tertiary/aromatic N) is 1. The first-order chi connectivity index (χ1) is 11.3. The molecule has 1 aromatic carbocycles. The number of halogens is 3. The van der Waals surface area contributed by atoms with E-state index in [-0.39, 0.29) is 0 Å². The van der Waals surface area contributed by atoms with Crippen molar-refractivity contribution in [3.8, 4) is 5.75 Å². The highest BCUT2D eigenvalue weighted by molar-refractivity contribution is 9.10. The second-order valence-corrected chi connectivity index (χ2v) is 6.52. The van der Waals surface area contributed by atoms with Gasteiger partial charge in [-0.1, -0.05) is 0 Å². The van der Waals surface area contributed by atoms with Crippen LogP contribution in [0.3, 0.4) is 0 Å². The van der Waals surface area contributed by atoms with Gasteiger partial charge in [-0.3, -0.25) is 0 Å². The van der Waals surface area contributed by atoms with Crippen molar-refractivity contribution in [2.24, 2.45) is 5.73 Å². The number of nitrogens with two attached hydrogens (primary N) is 1. The summed E-state index contributed by atoms with van der Waals surface area (Å²) in [5, 5.41) is 11.1. The maximum atomic E-state index is 12.3. The smallest absolute Gasteiger partial charge is 0.272 e. The molecule has 0 saturated heterocycles. The number of aliphatic hydroxyl groups excluding tert-OH is 1. The zero-order valence-corrected chi connectivity index (χ0v) is 15.0. The molecule has 24 heavy (non-hydrogen) atoms. The first-order valence-corrected chi connectivity index (χ1v) is 8.08. The van der Waals surface area contributed by atoms with Crippen LogP contribution in [0.15, 0.2) is 34.4 Å². The Morgan fingerprint density at radius 1 is 1.42 bits per heavy atom. The quantitative estimate of drug-likeness (QED) is 0.664. The molecule has 0 fully saturated rings. The van der Waals surface area contributed by atoms with E-state index in [1.165, 1.54) is 0 Å². The standard InChI is InChI=1S/C16H20BrF2N3O2/c1-22(2)4-3-11(20)16(23)13-5-9-6-14(24-8-15(18)19)10(17)7-12(9)21-13/h3,5-7,15-16,21,23H,4,8,20H2,1-2H3/b11-3-. The van der Waals surface area contributed by atoms with E-state index in [1.807, 2.05) is 19.0 Å². The molecule has 0 bridgehead atoms. The van der Waals surface area contributed by atoms with Gasteiger partial charge in [-0.15, -0.1) is 0 Å². The number of aliphatic hydroxyl groups is 1. The minimum atomic E-state index is -2.54. The van der Waals surface area contributed by atoms with Gasteiger partial charge in [0, 0.05) is 23.1 Å². The third-order valence-electron chi connectivity index (χ3n) is 3.36. The van der Waals surface area contributed by atoms with Crippen LogP contribution in [-0.2, 0) is 0 Å². The molecule has 2 aromatic rings.